The number of aliphatic hydroxyl groups is 1. The van der Waals surface area contributed by atoms with E-state index in [0.29, 0.717) is 10.9 Å². The lowest BCUT2D eigenvalue weighted by molar-refractivity contribution is 0.276. The molecule has 0 bridgehead atoms. The molecule has 0 saturated heterocycles. The normalized spacial score (nSPS) is 12.2. The Hall–Kier alpha value is -3.25. The molecule has 2 aromatic heterocycles. The smallest absolute Gasteiger partial charge is 0.216 e. The molecule has 130 valence electrons. The van der Waals surface area contributed by atoms with Gasteiger partial charge in [0.05, 0.1) is 29.2 Å². The van der Waals surface area contributed by atoms with E-state index in [1.165, 1.54) is 0 Å². The third-order valence-electron chi connectivity index (χ3n) is 4.30. The topological polar surface area (TPSA) is 73.8 Å². The molecule has 4 rings (SSSR count). The molecule has 6 heteroatoms. The third kappa shape index (κ3) is 3.14. The number of aromatic nitrogens is 3. The molecule has 0 fully saturated rings. The molecule has 0 aliphatic heterocycles. The Kier molecular flexibility index (Phi) is 4.33. The molecule has 0 spiro atoms. The van der Waals surface area contributed by atoms with Gasteiger partial charge >= 0.3 is 0 Å². The number of aromatic amines is 1. The van der Waals surface area contributed by atoms with Crippen molar-refractivity contribution in [1.82, 2.24) is 15.2 Å². The van der Waals surface area contributed by atoms with Gasteiger partial charge in [-0.15, -0.1) is 0 Å². The van der Waals surface area contributed by atoms with Gasteiger partial charge in [-0.25, -0.2) is 0 Å². The van der Waals surface area contributed by atoms with Crippen LogP contribution in [-0.2, 0) is 0 Å². The molecule has 0 aliphatic rings. The number of pyridine rings is 1. The summed E-state index contributed by atoms with van der Waals surface area (Å²) in [6, 6.07) is 16.8. The lowest BCUT2D eigenvalue weighted by atomic mass is 10.0. The van der Waals surface area contributed by atoms with E-state index in [0.717, 1.165) is 22.4 Å². The van der Waals surface area contributed by atoms with Crippen LogP contribution in [0.4, 0.5) is 10.1 Å². The van der Waals surface area contributed by atoms with E-state index in [2.05, 4.69) is 20.5 Å². The predicted molar refractivity (Wildman–Crippen MR) is 99.2 cm³/mol. The molecule has 2 aromatic carbocycles. The van der Waals surface area contributed by atoms with Gasteiger partial charge in [-0.3, -0.25) is 10.1 Å². The number of anilines is 1. The Balaban J connectivity index is 1.64. The Bertz CT molecular complexity index is 1030. The third-order valence-corrected chi connectivity index (χ3v) is 4.30. The van der Waals surface area contributed by atoms with Crippen molar-refractivity contribution in [1.29, 1.82) is 0 Å². The Morgan fingerprint density at radius 3 is 2.69 bits per heavy atom. The summed E-state index contributed by atoms with van der Waals surface area (Å²) in [6.45, 7) is -0.0412. The number of benzene rings is 2. The molecule has 0 aliphatic carbocycles. The fraction of sp³-hybridized carbons (Fsp3) is 0.100. The first-order valence-corrected chi connectivity index (χ1v) is 8.26. The van der Waals surface area contributed by atoms with Crippen LogP contribution in [0.15, 0.2) is 67.0 Å². The largest absolute Gasteiger partial charge is 0.394 e. The average molecular weight is 348 g/mol. The van der Waals surface area contributed by atoms with Crippen LogP contribution in [0.5, 0.6) is 0 Å². The second-order valence-corrected chi connectivity index (χ2v) is 6.02. The van der Waals surface area contributed by atoms with Crippen molar-refractivity contribution in [3.05, 3.63) is 78.5 Å². The van der Waals surface area contributed by atoms with Crippen LogP contribution >= 0.6 is 0 Å². The number of H-pyrrole nitrogens is 1. The van der Waals surface area contributed by atoms with Crippen LogP contribution in [0, 0.1) is 5.95 Å². The summed E-state index contributed by atoms with van der Waals surface area (Å²) in [6.07, 6.45) is 3.42. The van der Waals surface area contributed by atoms with Crippen molar-refractivity contribution in [3.63, 3.8) is 0 Å². The van der Waals surface area contributed by atoms with E-state index >= 15 is 0 Å². The van der Waals surface area contributed by atoms with Crippen LogP contribution < -0.4 is 5.32 Å². The summed E-state index contributed by atoms with van der Waals surface area (Å²) in [7, 11) is 0. The van der Waals surface area contributed by atoms with Crippen LogP contribution in [0.3, 0.4) is 0 Å². The van der Waals surface area contributed by atoms with Crippen molar-refractivity contribution in [2.75, 3.05) is 11.9 Å². The molecule has 0 saturated carbocycles. The van der Waals surface area contributed by atoms with E-state index in [4.69, 9.17) is 0 Å². The number of aliphatic hydroxyl groups excluding tert-OH is 1. The molecule has 0 radical (unpaired) electrons. The maximum absolute atomic E-state index is 13.8. The van der Waals surface area contributed by atoms with Gasteiger partial charge in [-0.1, -0.05) is 36.4 Å². The standard InChI is InChI=1S/C20H17FN4O/c21-20-17-9-14(6-7-18(17)24-25-20)15-8-16(11-22-10-15)23-19(12-26)13-4-2-1-3-5-13/h1-11,19,23,26H,12H2,(H,24,25). The Morgan fingerprint density at radius 1 is 1.04 bits per heavy atom. The van der Waals surface area contributed by atoms with E-state index in [1.54, 1.807) is 24.5 Å². The Morgan fingerprint density at radius 2 is 1.88 bits per heavy atom. The number of hydrogen-bond donors (Lipinski definition) is 3. The van der Waals surface area contributed by atoms with E-state index in [1.807, 2.05) is 42.5 Å². The lowest BCUT2D eigenvalue weighted by Gasteiger charge is -2.18. The molecule has 5 nitrogen and oxygen atoms in total. The summed E-state index contributed by atoms with van der Waals surface area (Å²) in [5.41, 5.74) is 4.04. The van der Waals surface area contributed by atoms with Gasteiger partial charge in [-0.2, -0.15) is 9.49 Å². The molecule has 4 aromatic rings. The van der Waals surface area contributed by atoms with Crippen molar-refractivity contribution in [3.8, 4) is 11.1 Å². The second-order valence-electron chi connectivity index (χ2n) is 6.02. The first-order valence-electron chi connectivity index (χ1n) is 8.26. The minimum atomic E-state index is -0.450. The SMILES string of the molecule is OCC(Nc1cncc(-c2ccc3n[nH]c(F)c3c2)c1)c1ccccc1. The summed E-state index contributed by atoms with van der Waals surface area (Å²) < 4.78 is 13.8. The monoisotopic (exact) mass is 348 g/mol. The first kappa shape index (κ1) is 16.2. The van der Waals surface area contributed by atoms with Crippen molar-refractivity contribution in [2.24, 2.45) is 0 Å². The summed E-state index contributed by atoms with van der Waals surface area (Å²) in [4.78, 5) is 4.27. The van der Waals surface area contributed by atoms with Crippen LogP contribution in [-0.4, -0.2) is 26.9 Å². The number of rotatable bonds is 5. The molecular weight excluding hydrogens is 331 g/mol. The molecule has 1 unspecified atom stereocenters. The average Bonchev–Trinajstić information content (AvgIpc) is 3.07. The van der Waals surface area contributed by atoms with Crippen molar-refractivity contribution in [2.45, 2.75) is 6.04 Å². The zero-order chi connectivity index (χ0) is 17.9. The highest BCUT2D eigenvalue weighted by Gasteiger charge is 2.11. The summed E-state index contributed by atoms with van der Waals surface area (Å²) in [5.74, 6) is -0.450. The highest BCUT2D eigenvalue weighted by molar-refractivity contribution is 5.84. The maximum Gasteiger partial charge on any atom is 0.216 e. The second kappa shape index (κ2) is 6.93. The van der Waals surface area contributed by atoms with Crippen LogP contribution in [0.1, 0.15) is 11.6 Å². The fourth-order valence-corrected chi connectivity index (χ4v) is 2.96. The minimum Gasteiger partial charge on any atom is -0.394 e. The van der Waals surface area contributed by atoms with Crippen LogP contribution in [0.25, 0.3) is 22.0 Å². The van der Waals surface area contributed by atoms with Gasteiger partial charge < -0.3 is 10.4 Å². The van der Waals surface area contributed by atoms with Crippen molar-refractivity contribution < 1.29 is 9.50 Å². The number of halogens is 1. The number of nitrogens with one attached hydrogen (secondary N) is 2. The van der Waals surface area contributed by atoms with Gasteiger partial charge in [0.15, 0.2) is 0 Å². The fourth-order valence-electron chi connectivity index (χ4n) is 2.96. The number of hydrogen-bond acceptors (Lipinski definition) is 4. The highest BCUT2D eigenvalue weighted by atomic mass is 19.1. The van der Waals surface area contributed by atoms with E-state index in [-0.39, 0.29) is 12.6 Å². The first-order chi connectivity index (χ1) is 12.7. The summed E-state index contributed by atoms with van der Waals surface area (Å²) in [5, 5.41) is 19.7. The molecule has 3 N–H and O–H groups in total. The highest BCUT2D eigenvalue weighted by Crippen LogP contribution is 2.27. The summed E-state index contributed by atoms with van der Waals surface area (Å²) >= 11 is 0. The molecule has 1 atom stereocenters. The number of fused-ring (bicyclic) bond motifs is 1. The Labute approximate surface area is 149 Å². The van der Waals surface area contributed by atoms with Gasteiger partial charge in [0, 0.05) is 18.0 Å². The minimum absolute atomic E-state index is 0.0412. The molecular formula is C20H17FN4O. The van der Waals surface area contributed by atoms with Gasteiger partial charge in [-0.05, 0) is 29.3 Å². The maximum atomic E-state index is 13.8. The predicted octanol–water partition coefficient (Wildman–Crippen LogP) is 3.91. The van der Waals surface area contributed by atoms with Gasteiger partial charge in [0.2, 0.25) is 5.95 Å². The zero-order valence-electron chi connectivity index (χ0n) is 13.9. The van der Waals surface area contributed by atoms with Gasteiger partial charge in [0.1, 0.15) is 0 Å². The lowest BCUT2D eigenvalue weighted by Crippen LogP contribution is -2.14. The van der Waals surface area contributed by atoms with E-state index < -0.39 is 5.95 Å². The van der Waals surface area contributed by atoms with Crippen molar-refractivity contribution >= 4 is 16.6 Å². The van der Waals surface area contributed by atoms with Crippen LogP contribution in [0.2, 0.25) is 0 Å². The van der Waals surface area contributed by atoms with E-state index in [9.17, 15) is 9.50 Å². The molecule has 26 heavy (non-hydrogen) atoms. The molecule has 0 amide bonds. The number of nitrogens with zero attached hydrogens (tertiary/aromatic N) is 2. The van der Waals surface area contributed by atoms with Gasteiger partial charge in [0.25, 0.3) is 0 Å². The molecule has 2 heterocycles. The zero-order valence-corrected chi connectivity index (χ0v) is 13.9. The quantitative estimate of drug-likeness (QED) is 0.511.